The van der Waals surface area contributed by atoms with Gasteiger partial charge >= 0.3 is 0 Å². The first kappa shape index (κ1) is 14.6. The van der Waals surface area contributed by atoms with Gasteiger partial charge in [-0.3, -0.25) is 0 Å². The lowest BCUT2D eigenvalue weighted by Crippen LogP contribution is -2.47. The molecule has 0 amide bonds. The Labute approximate surface area is 129 Å². The molecule has 0 bridgehead atoms. The van der Waals surface area contributed by atoms with Crippen LogP contribution in [0, 0.1) is 11.3 Å². The average molecular weight is 308 g/mol. The van der Waals surface area contributed by atoms with Gasteiger partial charge in [0.05, 0.1) is 28.9 Å². The summed E-state index contributed by atoms with van der Waals surface area (Å²) in [6.45, 7) is 2.22. The van der Waals surface area contributed by atoms with Crippen LogP contribution in [-0.2, 0) is 9.47 Å². The van der Waals surface area contributed by atoms with E-state index in [-0.39, 0.29) is 11.7 Å². The molecule has 2 saturated heterocycles. The summed E-state index contributed by atoms with van der Waals surface area (Å²) in [5.41, 5.74) is 0.445. The molecule has 1 spiro atoms. The van der Waals surface area contributed by atoms with Crippen LogP contribution >= 0.6 is 11.6 Å². The Balaban J connectivity index is 1.68. The number of hydrogen-bond donors (Lipinski definition) is 0. The molecule has 1 aromatic rings. The summed E-state index contributed by atoms with van der Waals surface area (Å²) in [5, 5.41) is 9.35. The second kappa shape index (κ2) is 6.23. The van der Waals surface area contributed by atoms with Crippen molar-refractivity contribution >= 4 is 11.6 Å². The van der Waals surface area contributed by atoms with Crippen LogP contribution in [0.3, 0.4) is 0 Å². The van der Waals surface area contributed by atoms with Gasteiger partial charge in [-0.2, -0.15) is 5.26 Å². The highest BCUT2D eigenvalue weighted by Crippen LogP contribution is 2.37. The van der Waals surface area contributed by atoms with E-state index >= 15 is 0 Å². The number of ether oxygens (including phenoxy) is 3. The van der Waals surface area contributed by atoms with E-state index in [4.69, 9.17) is 31.1 Å². The normalized spacial score (nSPS) is 24.5. The van der Waals surface area contributed by atoms with Crippen LogP contribution in [0.1, 0.15) is 31.2 Å². The van der Waals surface area contributed by atoms with Crippen LogP contribution in [0.2, 0.25) is 5.02 Å². The lowest BCUT2D eigenvalue weighted by Gasteiger charge is -2.43. The molecule has 1 atom stereocenters. The molecule has 0 saturated carbocycles. The monoisotopic (exact) mass is 307 g/mol. The van der Waals surface area contributed by atoms with Crippen LogP contribution in [0.5, 0.6) is 5.75 Å². The first-order chi connectivity index (χ1) is 10.2. The Morgan fingerprint density at radius 2 is 2.10 bits per heavy atom. The molecule has 2 heterocycles. The van der Waals surface area contributed by atoms with Gasteiger partial charge in [0.2, 0.25) is 0 Å². The summed E-state index contributed by atoms with van der Waals surface area (Å²) < 4.78 is 17.5. The van der Waals surface area contributed by atoms with Gasteiger partial charge in [-0.15, -0.1) is 0 Å². The maximum atomic E-state index is 8.86. The van der Waals surface area contributed by atoms with Crippen LogP contribution in [-0.4, -0.2) is 31.5 Å². The number of nitrogens with zero attached hydrogens (tertiary/aromatic N) is 1. The number of hydrogen-bond acceptors (Lipinski definition) is 4. The third kappa shape index (κ3) is 3.32. The molecule has 0 N–H and O–H groups in total. The molecule has 2 aliphatic rings. The van der Waals surface area contributed by atoms with Crippen molar-refractivity contribution in [3.63, 3.8) is 0 Å². The minimum atomic E-state index is -0.0970. The zero-order valence-corrected chi connectivity index (χ0v) is 12.6. The predicted octanol–water partition coefficient (Wildman–Crippen LogP) is 3.32. The Morgan fingerprint density at radius 1 is 1.29 bits per heavy atom. The minimum Gasteiger partial charge on any atom is -0.489 e. The zero-order chi connectivity index (χ0) is 14.7. The fourth-order valence-electron chi connectivity index (χ4n) is 3.02. The molecule has 5 heteroatoms. The fourth-order valence-corrected chi connectivity index (χ4v) is 3.25. The molecule has 1 aromatic carbocycles. The van der Waals surface area contributed by atoms with E-state index in [1.54, 1.807) is 18.2 Å². The largest absolute Gasteiger partial charge is 0.489 e. The Kier molecular flexibility index (Phi) is 4.34. The summed E-state index contributed by atoms with van der Waals surface area (Å²) in [6.07, 6.45) is 3.68. The summed E-state index contributed by atoms with van der Waals surface area (Å²) in [7, 11) is 0. The summed E-state index contributed by atoms with van der Waals surface area (Å²) in [6, 6.07) is 7.21. The van der Waals surface area contributed by atoms with Gasteiger partial charge in [0, 0.05) is 26.1 Å². The highest BCUT2D eigenvalue weighted by molar-refractivity contribution is 6.32. The fraction of sp³-hybridized carbons (Fsp3) is 0.562. The molecular formula is C16H18ClNO3. The zero-order valence-electron chi connectivity index (χ0n) is 11.8. The van der Waals surface area contributed by atoms with Gasteiger partial charge in [-0.25, -0.2) is 0 Å². The highest BCUT2D eigenvalue weighted by Gasteiger charge is 2.40. The number of halogens is 1. The van der Waals surface area contributed by atoms with E-state index < -0.39 is 0 Å². The standard InChI is InChI=1S/C16H18ClNO3/c17-14-9-12(11-18)1-2-15(14)21-13-3-6-20-16(10-13)4-7-19-8-5-16/h1-2,9,13H,3-8,10H2. The predicted molar refractivity (Wildman–Crippen MR) is 78.6 cm³/mol. The maximum absolute atomic E-state index is 8.86. The van der Waals surface area contributed by atoms with Crippen LogP contribution in [0.15, 0.2) is 18.2 Å². The second-order valence-electron chi connectivity index (χ2n) is 5.63. The molecule has 0 radical (unpaired) electrons. The van der Waals surface area contributed by atoms with Gasteiger partial charge in [-0.05, 0) is 31.0 Å². The molecule has 2 fully saturated rings. The third-order valence-corrected chi connectivity index (χ3v) is 4.50. The summed E-state index contributed by atoms with van der Waals surface area (Å²) >= 11 is 6.18. The van der Waals surface area contributed by atoms with Crippen molar-refractivity contribution in [2.45, 2.75) is 37.4 Å². The molecule has 21 heavy (non-hydrogen) atoms. The van der Waals surface area contributed by atoms with E-state index in [9.17, 15) is 0 Å². The van der Waals surface area contributed by atoms with Crippen molar-refractivity contribution in [2.24, 2.45) is 0 Å². The molecule has 3 rings (SSSR count). The van der Waals surface area contributed by atoms with Gasteiger partial charge in [0.1, 0.15) is 11.9 Å². The van der Waals surface area contributed by atoms with Gasteiger partial charge in [-0.1, -0.05) is 11.6 Å². The van der Waals surface area contributed by atoms with Gasteiger partial charge in [0.25, 0.3) is 0 Å². The smallest absolute Gasteiger partial charge is 0.138 e. The quantitative estimate of drug-likeness (QED) is 0.841. The molecule has 2 aliphatic heterocycles. The molecule has 0 aliphatic carbocycles. The molecule has 4 nitrogen and oxygen atoms in total. The first-order valence-corrected chi connectivity index (χ1v) is 7.67. The van der Waals surface area contributed by atoms with Crippen molar-refractivity contribution in [3.8, 4) is 11.8 Å². The number of nitriles is 1. The SMILES string of the molecule is N#Cc1ccc(OC2CCOC3(CCOCC3)C2)c(Cl)c1. The Bertz CT molecular complexity index is 543. The first-order valence-electron chi connectivity index (χ1n) is 7.29. The maximum Gasteiger partial charge on any atom is 0.138 e. The molecule has 0 aromatic heterocycles. The Hall–Kier alpha value is -1.28. The third-order valence-electron chi connectivity index (χ3n) is 4.21. The summed E-state index contributed by atoms with van der Waals surface area (Å²) in [4.78, 5) is 0. The lowest BCUT2D eigenvalue weighted by molar-refractivity contribution is -0.155. The van der Waals surface area contributed by atoms with Crippen molar-refractivity contribution in [3.05, 3.63) is 28.8 Å². The van der Waals surface area contributed by atoms with E-state index in [1.165, 1.54) is 0 Å². The van der Waals surface area contributed by atoms with E-state index in [1.807, 2.05) is 0 Å². The van der Waals surface area contributed by atoms with E-state index in [2.05, 4.69) is 6.07 Å². The van der Waals surface area contributed by atoms with Crippen LogP contribution < -0.4 is 4.74 Å². The minimum absolute atomic E-state index is 0.0970. The van der Waals surface area contributed by atoms with E-state index in [0.717, 1.165) is 38.9 Å². The average Bonchev–Trinajstić information content (AvgIpc) is 2.50. The molecular weight excluding hydrogens is 290 g/mol. The lowest BCUT2D eigenvalue weighted by atomic mass is 9.85. The van der Waals surface area contributed by atoms with Crippen LogP contribution in [0.25, 0.3) is 0 Å². The van der Waals surface area contributed by atoms with Crippen molar-refractivity contribution in [1.29, 1.82) is 5.26 Å². The van der Waals surface area contributed by atoms with E-state index in [0.29, 0.717) is 22.9 Å². The second-order valence-corrected chi connectivity index (χ2v) is 6.04. The number of benzene rings is 1. The highest BCUT2D eigenvalue weighted by atomic mass is 35.5. The van der Waals surface area contributed by atoms with Crippen molar-refractivity contribution in [1.82, 2.24) is 0 Å². The summed E-state index contributed by atoms with van der Waals surface area (Å²) in [5.74, 6) is 0.643. The topological polar surface area (TPSA) is 51.5 Å². The molecule has 112 valence electrons. The Morgan fingerprint density at radius 3 is 2.81 bits per heavy atom. The molecule has 1 unspecified atom stereocenters. The van der Waals surface area contributed by atoms with Crippen molar-refractivity contribution in [2.75, 3.05) is 19.8 Å². The van der Waals surface area contributed by atoms with Gasteiger partial charge in [0.15, 0.2) is 0 Å². The number of rotatable bonds is 2. The van der Waals surface area contributed by atoms with Gasteiger partial charge < -0.3 is 14.2 Å². The van der Waals surface area contributed by atoms with Crippen LogP contribution in [0.4, 0.5) is 0 Å². The van der Waals surface area contributed by atoms with Crippen molar-refractivity contribution < 1.29 is 14.2 Å².